The summed E-state index contributed by atoms with van der Waals surface area (Å²) in [6.45, 7) is 14.0. The molecular weight excluding hydrogens is 304 g/mol. The van der Waals surface area contributed by atoms with Crippen LogP contribution in [0.1, 0.15) is 123 Å². The molecule has 146 valence electrons. The summed E-state index contributed by atoms with van der Waals surface area (Å²) in [6.07, 6.45) is 15.3. The first-order valence-corrected chi connectivity index (χ1v) is 11.0. The molecule has 1 aromatic rings. The smallest absolute Gasteiger partial charge is 0.106 e. The lowest BCUT2D eigenvalue weighted by molar-refractivity contribution is 0.434. The SMILES string of the molecule is CCCCCc1nc(C(C)(C)CCCCC)c(CCCCC(C)C)[nH]1. The zero-order valence-corrected chi connectivity index (χ0v) is 18.0. The van der Waals surface area contributed by atoms with Crippen molar-refractivity contribution in [2.75, 3.05) is 0 Å². The zero-order valence-electron chi connectivity index (χ0n) is 18.0. The Morgan fingerprint density at radius 1 is 0.880 bits per heavy atom. The van der Waals surface area contributed by atoms with E-state index in [2.05, 4.69) is 46.5 Å². The summed E-state index contributed by atoms with van der Waals surface area (Å²) in [4.78, 5) is 8.80. The maximum atomic E-state index is 5.09. The average molecular weight is 349 g/mol. The monoisotopic (exact) mass is 348 g/mol. The molecule has 0 bridgehead atoms. The van der Waals surface area contributed by atoms with Gasteiger partial charge in [-0.2, -0.15) is 0 Å². The Labute approximate surface area is 157 Å². The second kappa shape index (κ2) is 11.8. The van der Waals surface area contributed by atoms with E-state index in [1.165, 1.54) is 87.8 Å². The van der Waals surface area contributed by atoms with Gasteiger partial charge in [0.1, 0.15) is 5.82 Å². The van der Waals surface area contributed by atoms with E-state index in [-0.39, 0.29) is 5.41 Å². The molecule has 2 heteroatoms. The summed E-state index contributed by atoms with van der Waals surface area (Å²) in [5.74, 6) is 2.04. The van der Waals surface area contributed by atoms with Crippen LogP contribution in [0.2, 0.25) is 0 Å². The maximum absolute atomic E-state index is 5.09. The molecule has 1 heterocycles. The van der Waals surface area contributed by atoms with Crippen LogP contribution in [0.4, 0.5) is 0 Å². The number of nitrogens with zero attached hydrogens (tertiary/aromatic N) is 1. The molecule has 1 aromatic heterocycles. The molecule has 0 unspecified atom stereocenters. The first-order valence-electron chi connectivity index (χ1n) is 11.0. The third-order valence-electron chi connectivity index (χ3n) is 5.35. The van der Waals surface area contributed by atoms with Crippen molar-refractivity contribution in [3.8, 4) is 0 Å². The molecule has 0 aliphatic carbocycles. The highest BCUT2D eigenvalue weighted by molar-refractivity contribution is 5.23. The Hall–Kier alpha value is -0.790. The van der Waals surface area contributed by atoms with Gasteiger partial charge in [-0.3, -0.25) is 0 Å². The quantitative estimate of drug-likeness (QED) is 0.349. The van der Waals surface area contributed by atoms with E-state index < -0.39 is 0 Å². The van der Waals surface area contributed by atoms with Crippen LogP contribution in [-0.4, -0.2) is 9.97 Å². The van der Waals surface area contributed by atoms with Gasteiger partial charge in [0.05, 0.1) is 5.69 Å². The first-order chi connectivity index (χ1) is 11.9. The molecular formula is C23H44N2. The van der Waals surface area contributed by atoms with E-state index in [1.807, 2.05) is 0 Å². The van der Waals surface area contributed by atoms with Gasteiger partial charge in [0.2, 0.25) is 0 Å². The molecule has 0 fully saturated rings. The fourth-order valence-electron chi connectivity index (χ4n) is 3.66. The number of unbranched alkanes of at least 4 members (excludes halogenated alkanes) is 5. The summed E-state index contributed by atoms with van der Waals surface area (Å²) in [6, 6.07) is 0. The third-order valence-corrected chi connectivity index (χ3v) is 5.35. The highest BCUT2D eigenvalue weighted by atomic mass is 14.9. The number of H-pyrrole nitrogens is 1. The van der Waals surface area contributed by atoms with Crippen molar-refractivity contribution < 1.29 is 0 Å². The first kappa shape index (κ1) is 22.3. The van der Waals surface area contributed by atoms with Crippen molar-refractivity contribution >= 4 is 0 Å². The van der Waals surface area contributed by atoms with Crippen LogP contribution in [0, 0.1) is 5.92 Å². The Morgan fingerprint density at radius 3 is 2.16 bits per heavy atom. The lowest BCUT2D eigenvalue weighted by Gasteiger charge is -2.24. The van der Waals surface area contributed by atoms with Crippen LogP contribution in [0.25, 0.3) is 0 Å². The van der Waals surface area contributed by atoms with Gasteiger partial charge in [0.25, 0.3) is 0 Å². The van der Waals surface area contributed by atoms with Gasteiger partial charge in [-0.1, -0.05) is 86.5 Å². The highest BCUT2D eigenvalue weighted by Crippen LogP contribution is 2.31. The summed E-state index contributed by atoms with van der Waals surface area (Å²) in [7, 11) is 0. The molecule has 25 heavy (non-hydrogen) atoms. The fourth-order valence-corrected chi connectivity index (χ4v) is 3.66. The van der Waals surface area contributed by atoms with Crippen LogP contribution < -0.4 is 0 Å². The molecule has 2 nitrogen and oxygen atoms in total. The molecule has 1 N–H and O–H groups in total. The molecule has 0 aromatic carbocycles. The molecule has 0 atom stereocenters. The van der Waals surface area contributed by atoms with Crippen molar-refractivity contribution in [1.82, 2.24) is 9.97 Å². The maximum Gasteiger partial charge on any atom is 0.106 e. The summed E-state index contributed by atoms with van der Waals surface area (Å²) in [5, 5.41) is 0. The van der Waals surface area contributed by atoms with Crippen LogP contribution in [0.5, 0.6) is 0 Å². The molecule has 0 spiro atoms. The molecule has 0 radical (unpaired) electrons. The molecule has 0 aliphatic heterocycles. The van der Waals surface area contributed by atoms with Gasteiger partial charge in [-0.25, -0.2) is 4.98 Å². The fraction of sp³-hybridized carbons (Fsp3) is 0.870. The predicted molar refractivity (Wildman–Crippen MR) is 111 cm³/mol. The van der Waals surface area contributed by atoms with Crippen molar-refractivity contribution in [1.29, 1.82) is 0 Å². The largest absolute Gasteiger partial charge is 0.346 e. The van der Waals surface area contributed by atoms with E-state index >= 15 is 0 Å². The van der Waals surface area contributed by atoms with Crippen molar-refractivity contribution in [2.24, 2.45) is 5.92 Å². The Balaban J connectivity index is 2.78. The normalized spacial score (nSPS) is 12.3. The molecule has 1 rings (SSSR count). The molecule has 0 amide bonds. The number of hydrogen-bond acceptors (Lipinski definition) is 1. The van der Waals surface area contributed by atoms with Gasteiger partial charge in [-0.15, -0.1) is 0 Å². The summed E-state index contributed by atoms with van der Waals surface area (Å²) < 4.78 is 0. The molecule has 0 aliphatic rings. The number of aryl methyl sites for hydroxylation is 2. The van der Waals surface area contributed by atoms with Gasteiger partial charge in [0.15, 0.2) is 0 Å². The van der Waals surface area contributed by atoms with E-state index in [9.17, 15) is 0 Å². The minimum Gasteiger partial charge on any atom is -0.346 e. The second-order valence-electron chi connectivity index (χ2n) is 8.95. The van der Waals surface area contributed by atoms with Crippen LogP contribution in [0.3, 0.4) is 0 Å². The second-order valence-corrected chi connectivity index (χ2v) is 8.95. The van der Waals surface area contributed by atoms with Crippen molar-refractivity contribution in [3.63, 3.8) is 0 Å². The topological polar surface area (TPSA) is 28.7 Å². The number of hydrogen-bond donors (Lipinski definition) is 1. The van der Waals surface area contributed by atoms with E-state index in [1.54, 1.807) is 0 Å². The van der Waals surface area contributed by atoms with Gasteiger partial charge in [-0.05, 0) is 31.6 Å². The van der Waals surface area contributed by atoms with Crippen LogP contribution in [0.15, 0.2) is 0 Å². The van der Waals surface area contributed by atoms with Crippen molar-refractivity contribution in [2.45, 2.75) is 124 Å². The number of aromatic nitrogens is 2. The predicted octanol–water partition coefficient (Wildman–Crippen LogP) is 7.37. The van der Waals surface area contributed by atoms with Gasteiger partial charge in [0, 0.05) is 17.5 Å². The highest BCUT2D eigenvalue weighted by Gasteiger charge is 2.26. The minimum atomic E-state index is 0.196. The van der Waals surface area contributed by atoms with Gasteiger partial charge >= 0.3 is 0 Å². The summed E-state index contributed by atoms with van der Waals surface area (Å²) in [5.41, 5.74) is 2.98. The van der Waals surface area contributed by atoms with Crippen LogP contribution in [-0.2, 0) is 18.3 Å². The zero-order chi connectivity index (χ0) is 18.7. The standard InChI is InChI=1S/C23H44N2/c1-7-9-11-17-21-24-20(16-13-12-15-19(3)4)22(25-21)23(5,6)18-14-10-8-2/h19H,7-18H2,1-6H3,(H,24,25). The Kier molecular flexibility index (Phi) is 10.5. The molecule has 0 saturated heterocycles. The van der Waals surface area contributed by atoms with Crippen molar-refractivity contribution in [3.05, 3.63) is 17.2 Å². The Bertz CT molecular complexity index is 457. The molecule has 0 saturated carbocycles. The Morgan fingerprint density at radius 2 is 1.52 bits per heavy atom. The number of rotatable bonds is 14. The van der Waals surface area contributed by atoms with Crippen LogP contribution >= 0.6 is 0 Å². The number of aromatic amines is 1. The lowest BCUT2D eigenvalue weighted by atomic mass is 9.82. The summed E-state index contributed by atoms with van der Waals surface area (Å²) >= 11 is 0. The van der Waals surface area contributed by atoms with E-state index in [4.69, 9.17) is 4.98 Å². The van der Waals surface area contributed by atoms with Gasteiger partial charge < -0.3 is 4.98 Å². The lowest BCUT2D eigenvalue weighted by Crippen LogP contribution is -2.20. The minimum absolute atomic E-state index is 0.196. The van der Waals surface area contributed by atoms with E-state index in [0.717, 1.165) is 12.3 Å². The van der Waals surface area contributed by atoms with E-state index in [0.29, 0.717) is 0 Å². The third kappa shape index (κ3) is 8.42. The average Bonchev–Trinajstić information content (AvgIpc) is 2.96. The number of nitrogens with one attached hydrogen (secondary N) is 1. The number of imidazole rings is 1.